The first kappa shape index (κ1) is 16.5. The number of anilines is 1. The molecule has 2 amide bonds. The fourth-order valence-corrected chi connectivity index (χ4v) is 3.08. The number of likely N-dealkylation sites (tertiary alicyclic amines) is 1. The number of hydrogen-bond donors (Lipinski definition) is 2. The summed E-state index contributed by atoms with van der Waals surface area (Å²) in [5.74, 6) is 1.36. The van der Waals surface area contributed by atoms with Crippen LogP contribution in [0.5, 0.6) is 0 Å². The maximum Gasteiger partial charge on any atom is 0.227 e. The van der Waals surface area contributed by atoms with Gasteiger partial charge in [0.2, 0.25) is 11.8 Å². The Kier molecular flexibility index (Phi) is 4.55. The molecule has 0 aliphatic carbocycles. The van der Waals surface area contributed by atoms with E-state index in [0.29, 0.717) is 19.0 Å². The van der Waals surface area contributed by atoms with Gasteiger partial charge in [0, 0.05) is 37.5 Å². The predicted octanol–water partition coefficient (Wildman–Crippen LogP) is 2.88. The molecule has 6 nitrogen and oxygen atoms in total. The molecule has 1 aliphatic rings. The number of nitrogens with zero attached hydrogens (tertiary/aromatic N) is 2. The van der Waals surface area contributed by atoms with Gasteiger partial charge in [0.05, 0.1) is 11.0 Å². The molecule has 2 heterocycles. The van der Waals surface area contributed by atoms with Crippen molar-refractivity contribution in [2.24, 2.45) is 5.92 Å². The molecule has 128 valence electrons. The molecule has 1 fully saturated rings. The maximum atomic E-state index is 12.5. The van der Waals surface area contributed by atoms with Crippen LogP contribution in [0.2, 0.25) is 0 Å². The summed E-state index contributed by atoms with van der Waals surface area (Å²) in [6.07, 6.45) is 1.43. The smallest absolute Gasteiger partial charge is 0.227 e. The molecule has 0 unspecified atom stereocenters. The van der Waals surface area contributed by atoms with Crippen LogP contribution in [0.25, 0.3) is 11.0 Å². The average molecular weight is 328 g/mol. The molecular formula is C18H24N4O2. The summed E-state index contributed by atoms with van der Waals surface area (Å²) >= 11 is 0. The van der Waals surface area contributed by atoms with Crippen molar-refractivity contribution >= 4 is 28.5 Å². The molecule has 0 saturated carbocycles. The van der Waals surface area contributed by atoms with Crippen molar-refractivity contribution in [1.29, 1.82) is 0 Å². The van der Waals surface area contributed by atoms with Gasteiger partial charge in [0.25, 0.3) is 0 Å². The minimum atomic E-state index is -0.0377. The lowest BCUT2D eigenvalue weighted by molar-refractivity contribution is -0.132. The minimum absolute atomic E-state index is 0.0288. The largest absolute Gasteiger partial charge is 0.343 e. The normalized spacial score (nSPS) is 15.9. The van der Waals surface area contributed by atoms with Crippen LogP contribution >= 0.6 is 0 Å². The monoisotopic (exact) mass is 328 g/mol. The van der Waals surface area contributed by atoms with Crippen LogP contribution in [0.4, 0.5) is 5.69 Å². The molecule has 24 heavy (non-hydrogen) atoms. The second-order valence-corrected chi connectivity index (χ2v) is 6.78. The standard InChI is InChI=1S/C18H24N4O2/c1-11(2)17-20-15-5-4-14(10-16(15)21-17)19-18(24)13-6-8-22(9-7-13)12(3)23/h4-5,10-11,13H,6-9H2,1-3H3,(H,19,24)(H,20,21). The number of nitrogens with one attached hydrogen (secondary N) is 2. The number of aromatic amines is 1. The predicted molar refractivity (Wildman–Crippen MR) is 93.8 cm³/mol. The summed E-state index contributed by atoms with van der Waals surface area (Å²) in [7, 11) is 0. The number of hydrogen-bond acceptors (Lipinski definition) is 3. The number of piperidine rings is 1. The Balaban J connectivity index is 1.66. The van der Waals surface area contributed by atoms with E-state index in [1.54, 1.807) is 11.8 Å². The summed E-state index contributed by atoms with van der Waals surface area (Å²) in [5.41, 5.74) is 2.62. The molecule has 0 radical (unpaired) electrons. The molecule has 1 aromatic carbocycles. The zero-order chi connectivity index (χ0) is 17.3. The van der Waals surface area contributed by atoms with Crippen molar-refractivity contribution in [1.82, 2.24) is 14.9 Å². The van der Waals surface area contributed by atoms with Gasteiger partial charge in [-0.15, -0.1) is 0 Å². The van der Waals surface area contributed by atoms with E-state index in [1.807, 2.05) is 18.2 Å². The lowest BCUT2D eigenvalue weighted by atomic mass is 9.96. The van der Waals surface area contributed by atoms with Gasteiger partial charge in [-0.05, 0) is 31.0 Å². The number of fused-ring (bicyclic) bond motifs is 1. The van der Waals surface area contributed by atoms with Crippen LogP contribution in [0, 0.1) is 5.92 Å². The zero-order valence-corrected chi connectivity index (χ0v) is 14.4. The van der Waals surface area contributed by atoms with Gasteiger partial charge in [0.1, 0.15) is 5.82 Å². The van der Waals surface area contributed by atoms with E-state index in [4.69, 9.17) is 0 Å². The van der Waals surface area contributed by atoms with Gasteiger partial charge in [0.15, 0.2) is 0 Å². The van der Waals surface area contributed by atoms with Crippen molar-refractivity contribution in [3.05, 3.63) is 24.0 Å². The fourth-order valence-electron chi connectivity index (χ4n) is 3.08. The maximum absolute atomic E-state index is 12.5. The fraction of sp³-hybridized carbons (Fsp3) is 0.500. The molecular weight excluding hydrogens is 304 g/mol. The van der Waals surface area contributed by atoms with E-state index in [0.717, 1.165) is 35.4 Å². The number of aromatic nitrogens is 2. The van der Waals surface area contributed by atoms with Crippen LogP contribution in [0.3, 0.4) is 0 Å². The van der Waals surface area contributed by atoms with E-state index in [1.165, 1.54) is 0 Å². The highest BCUT2D eigenvalue weighted by molar-refractivity contribution is 5.94. The van der Waals surface area contributed by atoms with Gasteiger partial charge in [-0.2, -0.15) is 0 Å². The molecule has 1 saturated heterocycles. The van der Waals surface area contributed by atoms with E-state index >= 15 is 0 Å². The molecule has 1 aliphatic heterocycles. The Morgan fingerprint density at radius 1 is 1.29 bits per heavy atom. The van der Waals surface area contributed by atoms with E-state index in [2.05, 4.69) is 29.1 Å². The quantitative estimate of drug-likeness (QED) is 0.909. The molecule has 2 N–H and O–H groups in total. The Morgan fingerprint density at radius 3 is 2.62 bits per heavy atom. The Morgan fingerprint density at radius 2 is 2.00 bits per heavy atom. The number of carbonyl (C=O) groups excluding carboxylic acids is 2. The number of amides is 2. The van der Waals surface area contributed by atoms with Gasteiger partial charge in [-0.1, -0.05) is 13.8 Å². The third-order valence-electron chi connectivity index (χ3n) is 4.63. The van der Waals surface area contributed by atoms with E-state index < -0.39 is 0 Å². The van der Waals surface area contributed by atoms with Crippen LogP contribution in [0.15, 0.2) is 18.2 Å². The molecule has 0 spiro atoms. The van der Waals surface area contributed by atoms with Gasteiger partial charge >= 0.3 is 0 Å². The topological polar surface area (TPSA) is 78.1 Å². The SMILES string of the molecule is CC(=O)N1CCC(C(=O)Nc2ccc3nc(C(C)C)[nH]c3c2)CC1. The van der Waals surface area contributed by atoms with Crippen LogP contribution in [0.1, 0.15) is 45.4 Å². The molecule has 6 heteroatoms. The number of rotatable bonds is 3. The molecule has 0 bridgehead atoms. The number of carbonyl (C=O) groups is 2. The molecule has 3 rings (SSSR count). The number of H-pyrrole nitrogens is 1. The molecule has 0 atom stereocenters. The van der Waals surface area contributed by atoms with Crippen molar-refractivity contribution in [3.63, 3.8) is 0 Å². The average Bonchev–Trinajstić information content (AvgIpc) is 2.98. The van der Waals surface area contributed by atoms with Crippen molar-refractivity contribution in [2.75, 3.05) is 18.4 Å². The summed E-state index contributed by atoms with van der Waals surface area (Å²) in [5, 5.41) is 3.00. The lowest BCUT2D eigenvalue weighted by Crippen LogP contribution is -2.40. The van der Waals surface area contributed by atoms with Gasteiger partial charge in [-0.25, -0.2) is 4.98 Å². The highest BCUT2D eigenvalue weighted by Gasteiger charge is 2.26. The third-order valence-corrected chi connectivity index (χ3v) is 4.63. The zero-order valence-electron chi connectivity index (χ0n) is 14.4. The number of imidazole rings is 1. The Hall–Kier alpha value is -2.37. The Labute approximate surface area is 141 Å². The highest BCUT2D eigenvalue weighted by atomic mass is 16.2. The molecule has 1 aromatic heterocycles. The summed E-state index contributed by atoms with van der Waals surface area (Å²) in [6, 6.07) is 5.73. The van der Waals surface area contributed by atoms with Gasteiger partial charge in [-0.3, -0.25) is 9.59 Å². The van der Waals surface area contributed by atoms with Gasteiger partial charge < -0.3 is 15.2 Å². The summed E-state index contributed by atoms with van der Waals surface area (Å²) < 4.78 is 0. The first-order valence-corrected chi connectivity index (χ1v) is 8.50. The second kappa shape index (κ2) is 6.63. The Bertz CT molecular complexity index is 757. The lowest BCUT2D eigenvalue weighted by Gasteiger charge is -2.30. The van der Waals surface area contributed by atoms with Crippen LogP contribution < -0.4 is 5.32 Å². The second-order valence-electron chi connectivity index (χ2n) is 6.78. The van der Waals surface area contributed by atoms with Crippen LogP contribution in [-0.2, 0) is 9.59 Å². The van der Waals surface area contributed by atoms with E-state index in [-0.39, 0.29) is 17.7 Å². The van der Waals surface area contributed by atoms with Crippen molar-refractivity contribution < 1.29 is 9.59 Å². The van der Waals surface area contributed by atoms with Crippen LogP contribution in [-0.4, -0.2) is 39.8 Å². The van der Waals surface area contributed by atoms with E-state index in [9.17, 15) is 9.59 Å². The van der Waals surface area contributed by atoms with Crippen molar-refractivity contribution in [2.45, 2.75) is 39.5 Å². The summed E-state index contributed by atoms with van der Waals surface area (Å²) in [4.78, 5) is 33.5. The number of benzene rings is 1. The summed E-state index contributed by atoms with van der Waals surface area (Å²) in [6.45, 7) is 7.07. The molecule has 2 aromatic rings. The first-order chi connectivity index (χ1) is 11.4. The minimum Gasteiger partial charge on any atom is -0.343 e. The third kappa shape index (κ3) is 3.42. The highest BCUT2D eigenvalue weighted by Crippen LogP contribution is 2.23. The first-order valence-electron chi connectivity index (χ1n) is 8.50. The van der Waals surface area contributed by atoms with Crippen molar-refractivity contribution in [3.8, 4) is 0 Å².